The van der Waals surface area contributed by atoms with E-state index in [1.165, 1.54) is 0 Å². The zero-order valence-corrected chi connectivity index (χ0v) is 25.2. The normalized spacial score (nSPS) is 21.3. The molecular formula is C38H42O6. The number of benzene rings is 4. The van der Waals surface area contributed by atoms with Gasteiger partial charge in [0.25, 0.3) is 0 Å². The summed E-state index contributed by atoms with van der Waals surface area (Å²) < 4.78 is 33.0. The van der Waals surface area contributed by atoms with E-state index in [2.05, 4.69) is 24.3 Å². The zero-order chi connectivity index (χ0) is 30.3. The van der Waals surface area contributed by atoms with Crippen LogP contribution in [0.25, 0.3) is 0 Å². The van der Waals surface area contributed by atoms with Gasteiger partial charge in [-0.25, -0.2) is 0 Å². The van der Waals surface area contributed by atoms with Crippen molar-refractivity contribution in [2.24, 2.45) is 0 Å². The third-order valence-corrected chi connectivity index (χ3v) is 7.90. The Morgan fingerprint density at radius 2 is 1.09 bits per heavy atom. The number of ether oxygens (including phenoxy) is 5. The molecule has 230 valence electrons. The number of hydrogen-bond acceptors (Lipinski definition) is 6. The molecule has 0 radical (unpaired) electrons. The highest BCUT2D eigenvalue weighted by atomic mass is 16.6. The summed E-state index contributed by atoms with van der Waals surface area (Å²) in [5.74, 6) is 0. The van der Waals surface area contributed by atoms with E-state index in [1.54, 1.807) is 0 Å². The number of carbonyl (C=O) groups is 1. The van der Waals surface area contributed by atoms with Crippen LogP contribution < -0.4 is 0 Å². The van der Waals surface area contributed by atoms with Gasteiger partial charge in [-0.1, -0.05) is 121 Å². The molecule has 0 amide bonds. The number of hydrogen-bond donors (Lipinski definition) is 0. The topological polar surface area (TPSA) is 63.2 Å². The highest BCUT2D eigenvalue weighted by Crippen LogP contribution is 2.41. The van der Waals surface area contributed by atoms with Gasteiger partial charge >= 0.3 is 0 Å². The number of carbonyl (C=O) groups excluding carboxylic acids is 1. The van der Waals surface area contributed by atoms with Gasteiger partial charge in [-0.2, -0.15) is 0 Å². The van der Waals surface area contributed by atoms with Crippen molar-refractivity contribution in [1.82, 2.24) is 0 Å². The molecule has 6 nitrogen and oxygen atoms in total. The molecule has 0 unspecified atom stereocenters. The Hall–Kier alpha value is -3.65. The molecule has 4 atom stereocenters. The lowest BCUT2D eigenvalue weighted by molar-refractivity contribution is -0.158. The van der Waals surface area contributed by atoms with Crippen LogP contribution in [-0.2, 0) is 54.9 Å². The Labute approximate surface area is 260 Å². The molecular weight excluding hydrogens is 552 g/mol. The Bertz CT molecular complexity index is 1350. The lowest BCUT2D eigenvalue weighted by Crippen LogP contribution is -2.49. The molecule has 44 heavy (non-hydrogen) atoms. The molecule has 4 aromatic rings. The van der Waals surface area contributed by atoms with Crippen LogP contribution in [0.1, 0.15) is 41.5 Å². The van der Waals surface area contributed by atoms with Crippen molar-refractivity contribution >= 4 is 6.29 Å². The molecule has 4 aromatic carbocycles. The molecule has 0 aliphatic carbocycles. The Kier molecular flexibility index (Phi) is 12.3. The van der Waals surface area contributed by atoms with Crippen molar-refractivity contribution in [3.63, 3.8) is 0 Å². The molecule has 5 rings (SSSR count). The second-order valence-electron chi connectivity index (χ2n) is 11.2. The number of rotatable bonds is 18. The van der Waals surface area contributed by atoms with E-state index in [9.17, 15) is 4.79 Å². The van der Waals surface area contributed by atoms with Gasteiger partial charge in [0.1, 0.15) is 30.2 Å². The molecule has 6 heteroatoms. The molecule has 1 aliphatic rings. The van der Waals surface area contributed by atoms with E-state index in [1.807, 2.05) is 97.1 Å². The van der Waals surface area contributed by atoms with Crippen LogP contribution in [0.3, 0.4) is 0 Å². The molecule has 1 fully saturated rings. The molecule has 1 saturated heterocycles. The predicted molar refractivity (Wildman–Crippen MR) is 170 cm³/mol. The van der Waals surface area contributed by atoms with Crippen molar-refractivity contribution in [3.05, 3.63) is 144 Å². The average Bonchev–Trinajstić information content (AvgIpc) is 3.36. The largest absolute Gasteiger partial charge is 0.374 e. The minimum atomic E-state index is -0.839. The van der Waals surface area contributed by atoms with Crippen molar-refractivity contribution < 1.29 is 28.5 Å². The third-order valence-electron chi connectivity index (χ3n) is 7.90. The van der Waals surface area contributed by atoms with Crippen LogP contribution >= 0.6 is 0 Å². The van der Waals surface area contributed by atoms with E-state index >= 15 is 0 Å². The minimum Gasteiger partial charge on any atom is -0.374 e. The summed E-state index contributed by atoms with van der Waals surface area (Å²) in [6.07, 6.45) is 1.33. The van der Waals surface area contributed by atoms with E-state index in [0.29, 0.717) is 58.9 Å². The fourth-order valence-electron chi connectivity index (χ4n) is 5.68. The van der Waals surface area contributed by atoms with Crippen molar-refractivity contribution in [3.8, 4) is 0 Å². The third kappa shape index (κ3) is 9.18. The maximum atomic E-state index is 11.4. The summed E-state index contributed by atoms with van der Waals surface area (Å²) in [6.45, 7) is 2.32. The molecule has 0 spiro atoms. The monoisotopic (exact) mass is 594 g/mol. The summed E-state index contributed by atoms with van der Waals surface area (Å²) in [5, 5.41) is 0. The van der Waals surface area contributed by atoms with Gasteiger partial charge in [-0.15, -0.1) is 0 Å². The van der Waals surface area contributed by atoms with Crippen LogP contribution in [0.15, 0.2) is 121 Å². The maximum absolute atomic E-state index is 11.4. The Morgan fingerprint density at radius 1 is 0.614 bits per heavy atom. The van der Waals surface area contributed by atoms with Crippen molar-refractivity contribution in [1.29, 1.82) is 0 Å². The Morgan fingerprint density at radius 3 is 1.61 bits per heavy atom. The SMILES string of the molecule is O=CCCC[C@@]1(COCc2ccccc2)O[C@H](COCc2ccccc2)[C@@H](OCc2ccccc2)[C@@H]1OCc1ccccc1. The highest BCUT2D eigenvalue weighted by Gasteiger charge is 2.56. The first-order valence-electron chi connectivity index (χ1n) is 15.4. The van der Waals surface area contributed by atoms with Gasteiger partial charge < -0.3 is 28.5 Å². The summed E-state index contributed by atoms with van der Waals surface area (Å²) in [5.41, 5.74) is 3.46. The standard InChI is InChI=1S/C38H42O6/c39-24-14-13-23-38(30-41-26-32-17-7-2-8-18-32)37(43-28-34-21-11-4-12-22-34)36(42-27-33-19-9-3-10-20-33)35(44-38)29-40-25-31-15-5-1-6-16-31/h1-12,15-22,24,35-37H,13-14,23,25-30H2/t35-,36-,37+,38+/m1/s1. The fourth-order valence-corrected chi connectivity index (χ4v) is 5.68. The summed E-state index contributed by atoms with van der Waals surface area (Å²) >= 11 is 0. The first kappa shape index (κ1) is 31.8. The summed E-state index contributed by atoms with van der Waals surface area (Å²) in [7, 11) is 0. The van der Waals surface area contributed by atoms with Gasteiger partial charge in [-0.3, -0.25) is 0 Å². The van der Waals surface area contributed by atoms with E-state index in [0.717, 1.165) is 28.5 Å². The molecule has 0 N–H and O–H groups in total. The average molecular weight is 595 g/mol. The smallest absolute Gasteiger partial charge is 0.121 e. The summed E-state index contributed by atoms with van der Waals surface area (Å²) in [6, 6.07) is 40.4. The van der Waals surface area contributed by atoms with E-state index in [4.69, 9.17) is 23.7 Å². The number of unbranched alkanes of at least 4 members (excludes halogenated alkanes) is 1. The Balaban J connectivity index is 1.41. The van der Waals surface area contributed by atoms with Crippen LogP contribution in [0.5, 0.6) is 0 Å². The molecule has 0 bridgehead atoms. The van der Waals surface area contributed by atoms with Gasteiger partial charge in [-0.05, 0) is 35.1 Å². The fraction of sp³-hybridized carbons (Fsp3) is 0.342. The van der Waals surface area contributed by atoms with Crippen LogP contribution in [-0.4, -0.2) is 43.4 Å². The summed E-state index contributed by atoms with van der Waals surface area (Å²) in [4.78, 5) is 11.4. The number of aldehydes is 1. The molecule has 0 aromatic heterocycles. The van der Waals surface area contributed by atoms with Gasteiger partial charge in [0.05, 0.1) is 39.6 Å². The van der Waals surface area contributed by atoms with Gasteiger partial charge in [0, 0.05) is 6.42 Å². The minimum absolute atomic E-state index is 0.292. The van der Waals surface area contributed by atoms with Crippen LogP contribution in [0, 0.1) is 0 Å². The lowest BCUT2D eigenvalue weighted by Gasteiger charge is -2.35. The van der Waals surface area contributed by atoms with E-state index < -0.39 is 23.9 Å². The highest BCUT2D eigenvalue weighted by molar-refractivity contribution is 5.49. The van der Waals surface area contributed by atoms with Crippen molar-refractivity contribution in [2.45, 2.75) is 69.6 Å². The second kappa shape index (κ2) is 17.0. The zero-order valence-electron chi connectivity index (χ0n) is 25.2. The maximum Gasteiger partial charge on any atom is 0.121 e. The molecule has 1 heterocycles. The first-order valence-corrected chi connectivity index (χ1v) is 15.4. The van der Waals surface area contributed by atoms with E-state index in [-0.39, 0.29) is 0 Å². The van der Waals surface area contributed by atoms with Gasteiger partial charge in [0.15, 0.2) is 0 Å². The van der Waals surface area contributed by atoms with Crippen LogP contribution in [0.4, 0.5) is 0 Å². The molecule has 0 saturated carbocycles. The molecule has 1 aliphatic heterocycles. The predicted octanol–water partition coefficient (Wildman–Crippen LogP) is 7.10. The second-order valence-corrected chi connectivity index (χ2v) is 11.2. The van der Waals surface area contributed by atoms with Crippen molar-refractivity contribution in [2.75, 3.05) is 13.2 Å². The lowest BCUT2D eigenvalue weighted by atomic mass is 9.89. The first-order chi connectivity index (χ1) is 21.8. The quantitative estimate of drug-likeness (QED) is 0.0905. The van der Waals surface area contributed by atoms with Gasteiger partial charge in [0.2, 0.25) is 0 Å². The van der Waals surface area contributed by atoms with Crippen LogP contribution in [0.2, 0.25) is 0 Å².